The summed E-state index contributed by atoms with van der Waals surface area (Å²) in [5, 5.41) is 0.956. The fourth-order valence-corrected chi connectivity index (χ4v) is 3.24. The van der Waals surface area contributed by atoms with Gasteiger partial charge in [0.25, 0.3) is 5.91 Å². The normalized spacial score (nSPS) is 12.3. The van der Waals surface area contributed by atoms with Crippen molar-refractivity contribution in [3.05, 3.63) is 39.6 Å². The molecule has 0 aliphatic rings. The van der Waals surface area contributed by atoms with Gasteiger partial charge < -0.3 is 4.57 Å². The lowest BCUT2D eigenvalue weighted by Crippen LogP contribution is -2.18. The molecule has 1 aromatic heterocycles. The standard InChI is InChI=1S/C14H14Cl2N2OS/c1-4-7-18-12-10(6-5-9(15)11(12)16)20-14(18)17-13(19)8(2)3/h4-6,8H,1,7H2,2-3H3. The van der Waals surface area contributed by atoms with Crippen LogP contribution in [-0.4, -0.2) is 10.5 Å². The molecule has 3 nitrogen and oxygen atoms in total. The molecule has 0 spiro atoms. The van der Waals surface area contributed by atoms with Crippen LogP contribution in [0.5, 0.6) is 0 Å². The second kappa shape index (κ2) is 6.12. The maximum absolute atomic E-state index is 11.8. The number of allylic oxidation sites excluding steroid dienone is 1. The Morgan fingerprint density at radius 2 is 2.20 bits per heavy atom. The van der Waals surface area contributed by atoms with Crippen LogP contribution < -0.4 is 4.80 Å². The van der Waals surface area contributed by atoms with Crippen molar-refractivity contribution in [2.45, 2.75) is 20.4 Å². The predicted molar refractivity (Wildman–Crippen MR) is 85.4 cm³/mol. The van der Waals surface area contributed by atoms with Crippen molar-refractivity contribution in [1.82, 2.24) is 4.57 Å². The van der Waals surface area contributed by atoms with Crippen LogP contribution in [0, 0.1) is 5.92 Å². The summed E-state index contributed by atoms with van der Waals surface area (Å²) in [7, 11) is 0. The molecule has 0 N–H and O–H groups in total. The molecule has 0 aliphatic carbocycles. The second-order valence-corrected chi connectivity index (χ2v) is 6.39. The maximum Gasteiger partial charge on any atom is 0.250 e. The Kier molecular flexibility index (Phi) is 4.68. The van der Waals surface area contributed by atoms with Crippen LogP contribution in [0.4, 0.5) is 0 Å². The highest BCUT2D eigenvalue weighted by molar-refractivity contribution is 7.16. The maximum atomic E-state index is 11.8. The molecule has 0 saturated carbocycles. The highest BCUT2D eigenvalue weighted by Gasteiger charge is 2.13. The molecule has 2 rings (SSSR count). The molecule has 2 aromatic rings. The zero-order valence-corrected chi connectivity index (χ0v) is 13.5. The smallest absolute Gasteiger partial charge is 0.250 e. The van der Waals surface area contributed by atoms with E-state index in [1.165, 1.54) is 11.3 Å². The first-order valence-corrected chi connectivity index (χ1v) is 7.69. The van der Waals surface area contributed by atoms with Gasteiger partial charge in [-0.1, -0.05) is 54.5 Å². The highest BCUT2D eigenvalue weighted by atomic mass is 35.5. The van der Waals surface area contributed by atoms with Gasteiger partial charge in [-0.25, -0.2) is 0 Å². The van der Waals surface area contributed by atoms with Gasteiger partial charge in [0, 0.05) is 12.5 Å². The zero-order valence-electron chi connectivity index (χ0n) is 11.2. The molecule has 6 heteroatoms. The molecular formula is C14H14Cl2N2OS. The zero-order chi connectivity index (χ0) is 14.9. The molecule has 0 bridgehead atoms. The van der Waals surface area contributed by atoms with Crippen molar-refractivity contribution in [2.75, 3.05) is 0 Å². The van der Waals surface area contributed by atoms with Crippen LogP contribution >= 0.6 is 34.5 Å². The molecule has 0 aliphatic heterocycles. The lowest BCUT2D eigenvalue weighted by Gasteiger charge is -2.04. The summed E-state index contributed by atoms with van der Waals surface area (Å²) in [5.74, 6) is -0.298. The lowest BCUT2D eigenvalue weighted by molar-refractivity contribution is -0.120. The second-order valence-electron chi connectivity index (χ2n) is 4.60. The Hall–Kier alpha value is -1.10. The number of thiazole rings is 1. The number of amides is 1. The molecule has 0 fully saturated rings. The third-order valence-electron chi connectivity index (χ3n) is 2.75. The van der Waals surface area contributed by atoms with Crippen LogP contribution in [0.25, 0.3) is 10.2 Å². The third kappa shape index (κ3) is 2.82. The summed E-state index contributed by atoms with van der Waals surface area (Å²) in [4.78, 5) is 16.6. The molecule has 0 unspecified atom stereocenters. The monoisotopic (exact) mass is 328 g/mol. The Morgan fingerprint density at radius 1 is 1.50 bits per heavy atom. The predicted octanol–water partition coefficient (Wildman–Crippen LogP) is 4.28. The van der Waals surface area contributed by atoms with E-state index >= 15 is 0 Å². The van der Waals surface area contributed by atoms with E-state index in [0.29, 0.717) is 21.4 Å². The fourth-order valence-electron chi connectivity index (χ4n) is 1.71. The van der Waals surface area contributed by atoms with Crippen LogP contribution in [0.2, 0.25) is 10.0 Å². The van der Waals surface area contributed by atoms with Gasteiger partial charge in [-0.2, -0.15) is 4.99 Å². The van der Waals surface area contributed by atoms with Gasteiger partial charge in [-0.05, 0) is 12.1 Å². The molecular weight excluding hydrogens is 315 g/mol. The number of rotatable bonds is 3. The summed E-state index contributed by atoms with van der Waals surface area (Å²) in [5.41, 5.74) is 0.791. The van der Waals surface area contributed by atoms with Crippen LogP contribution in [0.15, 0.2) is 29.8 Å². The molecule has 20 heavy (non-hydrogen) atoms. The van der Waals surface area contributed by atoms with E-state index in [1.807, 2.05) is 24.5 Å². The first-order chi connectivity index (χ1) is 9.45. The number of carbonyl (C=O) groups excluding carboxylic acids is 1. The number of hydrogen-bond acceptors (Lipinski definition) is 2. The lowest BCUT2D eigenvalue weighted by atomic mass is 10.2. The molecule has 0 atom stereocenters. The van der Waals surface area contributed by atoms with Gasteiger partial charge in [0.05, 0.1) is 20.3 Å². The topological polar surface area (TPSA) is 34.4 Å². The van der Waals surface area contributed by atoms with Crippen LogP contribution in [0.1, 0.15) is 13.8 Å². The number of benzene rings is 1. The van der Waals surface area contributed by atoms with Crippen molar-refractivity contribution in [2.24, 2.45) is 10.9 Å². The van der Waals surface area contributed by atoms with E-state index in [9.17, 15) is 4.79 Å². The van der Waals surface area contributed by atoms with Gasteiger partial charge in [-0.3, -0.25) is 4.79 Å². The summed E-state index contributed by atoms with van der Waals surface area (Å²) < 4.78 is 2.80. The summed E-state index contributed by atoms with van der Waals surface area (Å²) in [6.07, 6.45) is 1.74. The average molecular weight is 329 g/mol. The van der Waals surface area contributed by atoms with Crippen LogP contribution in [0.3, 0.4) is 0 Å². The van der Waals surface area contributed by atoms with Gasteiger partial charge in [-0.15, -0.1) is 6.58 Å². The number of hydrogen-bond donors (Lipinski definition) is 0. The van der Waals surface area contributed by atoms with Crippen molar-refractivity contribution >= 4 is 50.7 Å². The van der Waals surface area contributed by atoms with E-state index in [0.717, 1.165) is 10.2 Å². The van der Waals surface area contributed by atoms with Crippen LogP contribution in [-0.2, 0) is 11.3 Å². The Balaban J connectivity index is 2.79. The Morgan fingerprint density at radius 3 is 2.80 bits per heavy atom. The number of aromatic nitrogens is 1. The summed E-state index contributed by atoms with van der Waals surface area (Å²) in [6, 6.07) is 3.63. The number of nitrogens with zero attached hydrogens (tertiary/aromatic N) is 2. The largest absolute Gasteiger partial charge is 0.311 e. The quantitative estimate of drug-likeness (QED) is 0.774. The summed E-state index contributed by atoms with van der Waals surface area (Å²) in [6.45, 7) is 7.89. The van der Waals surface area contributed by atoms with Crippen molar-refractivity contribution in [3.63, 3.8) is 0 Å². The van der Waals surface area contributed by atoms with E-state index in [1.54, 1.807) is 12.1 Å². The molecule has 0 saturated heterocycles. The minimum Gasteiger partial charge on any atom is -0.311 e. The molecule has 0 radical (unpaired) electrons. The van der Waals surface area contributed by atoms with E-state index in [-0.39, 0.29) is 11.8 Å². The van der Waals surface area contributed by atoms with Crippen molar-refractivity contribution in [3.8, 4) is 0 Å². The molecule has 106 valence electrons. The van der Waals surface area contributed by atoms with Gasteiger partial charge in [0.15, 0.2) is 4.80 Å². The first kappa shape index (κ1) is 15.3. The molecule has 1 aromatic carbocycles. The number of fused-ring (bicyclic) bond motifs is 1. The first-order valence-electron chi connectivity index (χ1n) is 6.12. The SMILES string of the molecule is C=CCn1c(=NC(=O)C(C)C)sc2ccc(Cl)c(Cl)c21. The van der Waals surface area contributed by atoms with E-state index in [2.05, 4.69) is 11.6 Å². The Bertz CT molecular complexity index is 743. The molecule has 1 amide bonds. The highest BCUT2D eigenvalue weighted by Crippen LogP contribution is 2.32. The minimum atomic E-state index is -0.156. The van der Waals surface area contributed by atoms with E-state index < -0.39 is 0 Å². The van der Waals surface area contributed by atoms with Crippen molar-refractivity contribution < 1.29 is 4.79 Å². The fraction of sp³-hybridized carbons (Fsp3) is 0.286. The minimum absolute atomic E-state index is 0.142. The van der Waals surface area contributed by atoms with Gasteiger partial charge in [0.1, 0.15) is 0 Å². The number of carbonyl (C=O) groups is 1. The molecule has 1 heterocycles. The van der Waals surface area contributed by atoms with Gasteiger partial charge in [0.2, 0.25) is 0 Å². The average Bonchev–Trinajstić information content (AvgIpc) is 2.73. The van der Waals surface area contributed by atoms with Gasteiger partial charge >= 0.3 is 0 Å². The van der Waals surface area contributed by atoms with Crippen molar-refractivity contribution in [1.29, 1.82) is 0 Å². The third-order valence-corrected chi connectivity index (χ3v) is 4.58. The van der Waals surface area contributed by atoms with E-state index in [4.69, 9.17) is 23.2 Å². The summed E-state index contributed by atoms with van der Waals surface area (Å²) >= 11 is 13.8. The Labute approximate surface area is 131 Å². The number of halogens is 2.